The first-order chi connectivity index (χ1) is 9.29. The van der Waals surface area contributed by atoms with Crippen LogP contribution in [0, 0.1) is 6.92 Å². The summed E-state index contributed by atoms with van der Waals surface area (Å²) in [5.41, 5.74) is 2.31. The minimum Gasteiger partial charge on any atom is -0.469 e. The van der Waals surface area contributed by atoms with Gasteiger partial charge in [0, 0.05) is 24.4 Å². The molecule has 0 bridgehead atoms. The maximum Gasteiger partial charge on any atom is 0.103 e. The van der Waals surface area contributed by atoms with Crippen LogP contribution in [0.5, 0.6) is 0 Å². The van der Waals surface area contributed by atoms with E-state index in [1.54, 1.807) is 6.26 Å². The van der Waals surface area contributed by atoms with Crippen molar-refractivity contribution in [1.82, 2.24) is 10.3 Å². The van der Waals surface area contributed by atoms with Crippen molar-refractivity contribution < 1.29 is 4.42 Å². The number of aryl methyl sites for hydroxylation is 2. The van der Waals surface area contributed by atoms with Crippen LogP contribution in [0.4, 0.5) is 0 Å². The third-order valence-electron chi connectivity index (χ3n) is 3.24. The van der Waals surface area contributed by atoms with Gasteiger partial charge in [-0.15, -0.1) is 0 Å². The van der Waals surface area contributed by atoms with Crippen molar-refractivity contribution in [3.8, 4) is 0 Å². The molecular formula is C16H22N2O. The Morgan fingerprint density at radius 1 is 1.32 bits per heavy atom. The van der Waals surface area contributed by atoms with Crippen molar-refractivity contribution >= 4 is 0 Å². The van der Waals surface area contributed by atoms with Crippen LogP contribution in [0.3, 0.4) is 0 Å². The lowest BCUT2D eigenvalue weighted by molar-refractivity contribution is 0.452. The minimum absolute atomic E-state index is 0.346. The van der Waals surface area contributed by atoms with Gasteiger partial charge < -0.3 is 9.73 Å². The molecule has 0 aliphatic rings. The van der Waals surface area contributed by atoms with Crippen LogP contribution in [0.15, 0.2) is 41.1 Å². The second-order valence-corrected chi connectivity index (χ2v) is 4.86. The third-order valence-corrected chi connectivity index (χ3v) is 3.24. The van der Waals surface area contributed by atoms with E-state index in [-0.39, 0.29) is 0 Å². The first-order valence-corrected chi connectivity index (χ1v) is 6.98. The molecule has 0 aromatic carbocycles. The first kappa shape index (κ1) is 13.8. The maximum absolute atomic E-state index is 5.40. The van der Waals surface area contributed by atoms with Gasteiger partial charge in [-0.2, -0.15) is 0 Å². The molecule has 0 aliphatic heterocycles. The lowest BCUT2D eigenvalue weighted by Crippen LogP contribution is -2.22. The van der Waals surface area contributed by atoms with E-state index in [9.17, 15) is 0 Å². The molecule has 1 atom stereocenters. The zero-order valence-electron chi connectivity index (χ0n) is 11.7. The summed E-state index contributed by atoms with van der Waals surface area (Å²) in [6.07, 6.45) is 6.82. The summed E-state index contributed by atoms with van der Waals surface area (Å²) in [5.74, 6) is 1.04. The van der Waals surface area contributed by atoms with Crippen molar-refractivity contribution in [3.05, 3.63) is 53.7 Å². The molecule has 3 heteroatoms. The second-order valence-electron chi connectivity index (χ2n) is 4.86. The van der Waals surface area contributed by atoms with Crippen molar-refractivity contribution in [2.45, 2.75) is 39.2 Å². The average molecular weight is 258 g/mol. The van der Waals surface area contributed by atoms with Gasteiger partial charge in [0.2, 0.25) is 0 Å². The molecule has 0 aliphatic carbocycles. The molecule has 3 nitrogen and oxygen atoms in total. The highest BCUT2D eigenvalue weighted by molar-refractivity contribution is 5.17. The maximum atomic E-state index is 5.40. The molecule has 0 radical (unpaired) electrons. The predicted molar refractivity (Wildman–Crippen MR) is 77.0 cm³/mol. The fourth-order valence-electron chi connectivity index (χ4n) is 2.13. The van der Waals surface area contributed by atoms with E-state index in [1.165, 1.54) is 5.56 Å². The Balaban J connectivity index is 2.00. The van der Waals surface area contributed by atoms with Gasteiger partial charge in [-0.05, 0) is 50.1 Å². The molecule has 0 amide bonds. The molecule has 2 rings (SSSR count). The van der Waals surface area contributed by atoms with Crippen molar-refractivity contribution in [1.29, 1.82) is 0 Å². The average Bonchev–Trinajstić information content (AvgIpc) is 2.93. The van der Waals surface area contributed by atoms with Gasteiger partial charge in [-0.1, -0.05) is 13.0 Å². The van der Waals surface area contributed by atoms with Crippen LogP contribution in [0.25, 0.3) is 0 Å². The number of nitrogens with one attached hydrogen (secondary N) is 1. The van der Waals surface area contributed by atoms with E-state index < -0.39 is 0 Å². The molecule has 1 unspecified atom stereocenters. The van der Waals surface area contributed by atoms with E-state index in [4.69, 9.17) is 4.42 Å². The summed E-state index contributed by atoms with van der Waals surface area (Å²) in [5, 5.41) is 3.59. The Labute approximate surface area is 115 Å². The molecule has 0 fully saturated rings. The van der Waals surface area contributed by atoms with Crippen LogP contribution in [0.2, 0.25) is 0 Å². The molecule has 0 saturated heterocycles. The molecule has 2 aromatic heterocycles. The molecular weight excluding hydrogens is 236 g/mol. The number of hydrogen-bond acceptors (Lipinski definition) is 3. The number of nitrogens with zero attached hydrogens (tertiary/aromatic N) is 1. The van der Waals surface area contributed by atoms with Crippen molar-refractivity contribution in [2.75, 3.05) is 6.54 Å². The summed E-state index contributed by atoms with van der Waals surface area (Å²) >= 11 is 0. The SMILES string of the molecule is CCCNC(CCc1ccco1)c1ccc(C)nc1. The molecule has 0 spiro atoms. The number of aromatic nitrogens is 1. The van der Waals surface area contributed by atoms with Gasteiger partial charge in [0.1, 0.15) is 5.76 Å². The molecule has 19 heavy (non-hydrogen) atoms. The molecule has 2 aromatic rings. The van der Waals surface area contributed by atoms with Gasteiger partial charge in [0.25, 0.3) is 0 Å². The highest BCUT2D eigenvalue weighted by atomic mass is 16.3. The molecule has 2 heterocycles. The van der Waals surface area contributed by atoms with Gasteiger partial charge in [-0.3, -0.25) is 4.98 Å². The lowest BCUT2D eigenvalue weighted by Gasteiger charge is -2.18. The molecule has 102 valence electrons. The Morgan fingerprint density at radius 3 is 2.84 bits per heavy atom. The number of rotatable bonds is 7. The fourth-order valence-corrected chi connectivity index (χ4v) is 2.13. The fraction of sp³-hybridized carbons (Fsp3) is 0.438. The largest absolute Gasteiger partial charge is 0.469 e. The van der Waals surface area contributed by atoms with Crippen LogP contribution in [-0.4, -0.2) is 11.5 Å². The van der Waals surface area contributed by atoms with Crippen molar-refractivity contribution in [3.63, 3.8) is 0 Å². The van der Waals surface area contributed by atoms with E-state index in [0.29, 0.717) is 6.04 Å². The van der Waals surface area contributed by atoms with Gasteiger partial charge >= 0.3 is 0 Å². The Hall–Kier alpha value is -1.61. The standard InChI is InChI=1S/C16H22N2O/c1-3-10-17-16(9-8-15-5-4-11-19-15)14-7-6-13(2)18-12-14/h4-7,11-12,16-17H,3,8-10H2,1-2H3. The highest BCUT2D eigenvalue weighted by Crippen LogP contribution is 2.19. The van der Waals surface area contributed by atoms with Gasteiger partial charge in [0.05, 0.1) is 6.26 Å². The number of pyridine rings is 1. The predicted octanol–water partition coefficient (Wildman–Crippen LogP) is 3.66. The molecule has 1 N–H and O–H groups in total. The number of hydrogen-bond donors (Lipinski definition) is 1. The third kappa shape index (κ3) is 4.21. The number of furan rings is 1. The summed E-state index contributed by atoms with van der Waals surface area (Å²) in [6, 6.07) is 8.56. The second kappa shape index (κ2) is 7.10. The summed E-state index contributed by atoms with van der Waals surface area (Å²) in [6.45, 7) is 5.22. The summed E-state index contributed by atoms with van der Waals surface area (Å²) in [4.78, 5) is 4.39. The van der Waals surface area contributed by atoms with Crippen molar-refractivity contribution in [2.24, 2.45) is 0 Å². The Bertz CT molecular complexity index is 462. The van der Waals surface area contributed by atoms with E-state index >= 15 is 0 Å². The van der Waals surface area contributed by atoms with Crippen LogP contribution < -0.4 is 5.32 Å². The first-order valence-electron chi connectivity index (χ1n) is 6.98. The van der Waals surface area contributed by atoms with E-state index in [1.807, 2.05) is 25.3 Å². The monoisotopic (exact) mass is 258 g/mol. The van der Waals surface area contributed by atoms with Gasteiger partial charge in [0.15, 0.2) is 0 Å². The van der Waals surface area contributed by atoms with Crippen LogP contribution >= 0.6 is 0 Å². The van der Waals surface area contributed by atoms with E-state index in [2.05, 4.69) is 29.4 Å². The lowest BCUT2D eigenvalue weighted by atomic mass is 10.0. The minimum atomic E-state index is 0.346. The van der Waals surface area contributed by atoms with Crippen LogP contribution in [0.1, 0.15) is 42.8 Å². The topological polar surface area (TPSA) is 38.1 Å². The highest BCUT2D eigenvalue weighted by Gasteiger charge is 2.11. The summed E-state index contributed by atoms with van der Waals surface area (Å²) in [7, 11) is 0. The van der Waals surface area contributed by atoms with Crippen LogP contribution in [-0.2, 0) is 6.42 Å². The molecule has 0 saturated carbocycles. The Morgan fingerprint density at radius 2 is 2.21 bits per heavy atom. The van der Waals surface area contributed by atoms with Gasteiger partial charge in [-0.25, -0.2) is 0 Å². The zero-order valence-corrected chi connectivity index (χ0v) is 11.7. The zero-order chi connectivity index (χ0) is 13.5. The summed E-state index contributed by atoms with van der Waals surface area (Å²) < 4.78 is 5.40. The normalized spacial score (nSPS) is 12.5. The van der Waals surface area contributed by atoms with E-state index in [0.717, 1.165) is 37.3 Å². The smallest absolute Gasteiger partial charge is 0.103 e. The Kier molecular flexibility index (Phi) is 5.16. The quantitative estimate of drug-likeness (QED) is 0.823.